The fourth-order valence-electron chi connectivity index (χ4n) is 0.894. The molecule has 0 aliphatic heterocycles. The smallest absolute Gasteiger partial charge is 0.271 e. The van der Waals surface area contributed by atoms with Crippen LogP contribution in [0.15, 0.2) is 4.79 Å². The van der Waals surface area contributed by atoms with Crippen LogP contribution in [0.4, 0.5) is 0 Å². The standard InChI is InChI=1S/C6H10N2O2/c1-3(2)4-5(9)7-8-6(4)10/h3H,1-2H3,(H3,7,8,9,10). The van der Waals surface area contributed by atoms with Gasteiger partial charge in [-0.3, -0.25) is 15.0 Å². The quantitative estimate of drug-likeness (QED) is 0.535. The number of nitrogens with one attached hydrogen (secondary N) is 2. The molecule has 4 nitrogen and oxygen atoms in total. The summed E-state index contributed by atoms with van der Waals surface area (Å²) in [4.78, 5) is 10.8. The van der Waals surface area contributed by atoms with Crippen LogP contribution in [0, 0.1) is 0 Å². The van der Waals surface area contributed by atoms with E-state index in [1.54, 1.807) is 0 Å². The van der Waals surface area contributed by atoms with Crippen LogP contribution in [0.3, 0.4) is 0 Å². The number of hydrogen-bond donors (Lipinski definition) is 3. The minimum absolute atomic E-state index is 0.0509. The number of hydrogen-bond acceptors (Lipinski definition) is 2. The summed E-state index contributed by atoms with van der Waals surface area (Å²) in [5.41, 5.74) is 0.174. The van der Waals surface area contributed by atoms with Gasteiger partial charge < -0.3 is 5.11 Å². The molecule has 0 saturated carbocycles. The molecule has 0 fully saturated rings. The lowest BCUT2D eigenvalue weighted by Gasteiger charge is -1.97. The van der Waals surface area contributed by atoms with E-state index in [4.69, 9.17) is 5.11 Å². The van der Waals surface area contributed by atoms with Crippen molar-refractivity contribution in [1.29, 1.82) is 0 Å². The molecule has 3 N–H and O–H groups in total. The van der Waals surface area contributed by atoms with Gasteiger partial charge in [-0.2, -0.15) is 0 Å². The van der Waals surface area contributed by atoms with E-state index in [-0.39, 0.29) is 17.4 Å². The van der Waals surface area contributed by atoms with Crippen molar-refractivity contribution in [3.63, 3.8) is 0 Å². The Morgan fingerprint density at radius 1 is 1.40 bits per heavy atom. The summed E-state index contributed by atoms with van der Waals surface area (Å²) in [5.74, 6) is -0.00463. The van der Waals surface area contributed by atoms with E-state index in [1.165, 1.54) is 0 Å². The lowest BCUT2D eigenvalue weighted by molar-refractivity contribution is 0.443. The zero-order valence-corrected chi connectivity index (χ0v) is 5.93. The van der Waals surface area contributed by atoms with Crippen molar-refractivity contribution in [2.45, 2.75) is 19.8 Å². The summed E-state index contributed by atoms with van der Waals surface area (Å²) in [6.07, 6.45) is 0. The Morgan fingerprint density at radius 3 is 2.20 bits per heavy atom. The summed E-state index contributed by atoms with van der Waals surface area (Å²) in [6.45, 7) is 3.69. The Morgan fingerprint density at radius 2 is 2.00 bits per heavy atom. The number of aromatic nitrogens is 2. The van der Waals surface area contributed by atoms with Gasteiger partial charge in [0.25, 0.3) is 5.56 Å². The third kappa shape index (κ3) is 0.920. The second kappa shape index (κ2) is 2.21. The fourth-order valence-corrected chi connectivity index (χ4v) is 0.894. The molecular weight excluding hydrogens is 132 g/mol. The summed E-state index contributed by atoms with van der Waals surface area (Å²) in [6, 6.07) is 0. The first kappa shape index (κ1) is 6.92. The highest BCUT2D eigenvalue weighted by atomic mass is 16.3. The average Bonchev–Trinajstić information content (AvgIpc) is 2.11. The molecule has 0 bridgehead atoms. The van der Waals surface area contributed by atoms with E-state index >= 15 is 0 Å². The molecule has 4 heteroatoms. The first-order valence-corrected chi connectivity index (χ1v) is 3.12. The van der Waals surface area contributed by atoms with Crippen molar-refractivity contribution in [2.75, 3.05) is 0 Å². The SMILES string of the molecule is CC(C)c1c(O)[nH][nH]c1=O. The molecule has 10 heavy (non-hydrogen) atoms. The van der Waals surface area contributed by atoms with Gasteiger partial charge in [0, 0.05) is 0 Å². The van der Waals surface area contributed by atoms with E-state index < -0.39 is 0 Å². The Bertz CT molecular complexity index is 272. The van der Waals surface area contributed by atoms with Crippen LogP contribution < -0.4 is 5.56 Å². The maximum Gasteiger partial charge on any atom is 0.271 e. The van der Waals surface area contributed by atoms with Gasteiger partial charge in [-0.15, -0.1) is 0 Å². The topological polar surface area (TPSA) is 68.9 Å². The average molecular weight is 142 g/mol. The number of rotatable bonds is 1. The van der Waals surface area contributed by atoms with Gasteiger partial charge in [0.05, 0.1) is 5.56 Å². The molecule has 0 spiro atoms. The Hall–Kier alpha value is -1.19. The van der Waals surface area contributed by atoms with Gasteiger partial charge in [-0.25, -0.2) is 0 Å². The van der Waals surface area contributed by atoms with Crippen LogP contribution in [0.5, 0.6) is 5.88 Å². The van der Waals surface area contributed by atoms with Crippen LogP contribution in [-0.2, 0) is 0 Å². The van der Waals surface area contributed by atoms with Crippen LogP contribution in [0.1, 0.15) is 25.3 Å². The molecule has 56 valence electrons. The van der Waals surface area contributed by atoms with Crippen molar-refractivity contribution < 1.29 is 5.11 Å². The van der Waals surface area contributed by atoms with Gasteiger partial charge in [-0.05, 0) is 5.92 Å². The van der Waals surface area contributed by atoms with Crippen molar-refractivity contribution >= 4 is 0 Å². The second-order valence-electron chi connectivity index (χ2n) is 2.50. The predicted octanol–water partition coefficient (Wildman–Crippen LogP) is 0.532. The number of aromatic hydroxyl groups is 1. The van der Waals surface area contributed by atoms with Gasteiger partial charge in [0.15, 0.2) is 0 Å². The van der Waals surface area contributed by atoms with E-state index in [2.05, 4.69) is 10.2 Å². The summed E-state index contributed by atoms with van der Waals surface area (Å²) in [7, 11) is 0. The van der Waals surface area contributed by atoms with Crippen LogP contribution in [0.2, 0.25) is 0 Å². The maximum absolute atomic E-state index is 10.8. The van der Waals surface area contributed by atoms with Crippen LogP contribution in [0.25, 0.3) is 0 Å². The molecule has 0 aliphatic carbocycles. The second-order valence-corrected chi connectivity index (χ2v) is 2.50. The van der Waals surface area contributed by atoms with Gasteiger partial charge >= 0.3 is 0 Å². The Balaban J connectivity index is 3.23. The van der Waals surface area contributed by atoms with Crippen LogP contribution in [-0.4, -0.2) is 15.3 Å². The third-order valence-corrected chi connectivity index (χ3v) is 1.37. The molecule has 1 aromatic rings. The summed E-state index contributed by atoms with van der Waals surface area (Å²) < 4.78 is 0. The van der Waals surface area contributed by atoms with E-state index in [0.717, 1.165) is 0 Å². The molecule has 0 aromatic carbocycles. The third-order valence-electron chi connectivity index (χ3n) is 1.37. The Labute approximate surface area is 57.9 Å². The highest BCUT2D eigenvalue weighted by molar-refractivity contribution is 5.24. The lowest BCUT2D eigenvalue weighted by Crippen LogP contribution is -2.06. The van der Waals surface area contributed by atoms with Crippen molar-refractivity contribution in [1.82, 2.24) is 10.2 Å². The minimum Gasteiger partial charge on any atom is -0.493 e. The normalized spacial score (nSPS) is 10.7. The van der Waals surface area contributed by atoms with E-state index in [9.17, 15) is 4.79 Å². The number of H-pyrrole nitrogens is 2. The van der Waals surface area contributed by atoms with Crippen molar-refractivity contribution in [3.8, 4) is 5.88 Å². The first-order chi connectivity index (χ1) is 4.63. The first-order valence-electron chi connectivity index (χ1n) is 3.12. The molecule has 0 atom stereocenters. The van der Waals surface area contributed by atoms with Crippen molar-refractivity contribution in [3.05, 3.63) is 15.9 Å². The molecule has 0 radical (unpaired) electrons. The van der Waals surface area contributed by atoms with E-state index in [0.29, 0.717) is 5.56 Å². The largest absolute Gasteiger partial charge is 0.493 e. The zero-order chi connectivity index (χ0) is 7.72. The summed E-state index contributed by atoms with van der Waals surface area (Å²) >= 11 is 0. The highest BCUT2D eigenvalue weighted by Gasteiger charge is 2.11. The fraction of sp³-hybridized carbons (Fsp3) is 0.500. The maximum atomic E-state index is 10.8. The molecule has 1 rings (SSSR count). The van der Waals surface area contributed by atoms with Gasteiger partial charge in [0.1, 0.15) is 0 Å². The molecule has 0 amide bonds. The Kier molecular flexibility index (Phi) is 1.53. The zero-order valence-electron chi connectivity index (χ0n) is 5.93. The molecule has 0 unspecified atom stereocenters. The summed E-state index contributed by atoms with van der Waals surface area (Å²) in [5, 5.41) is 13.6. The molecule has 1 aromatic heterocycles. The highest BCUT2D eigenvalue weighted by Crippen LogP contribution is 2.17. The molecule has 1 heterocycles. The lowest BCUT2D eigenvalue weighted by atomic mass is 10.1. The molecular formula is C6H10N2O2. The van der Waals surface area contributed by atoms with Crippen LogP contribution >= 0.6 is 0 Å². The number of aromatic amines is 2. The monoisotopic (exact) mass is 142 g/mol. The predicted molar refractivity (Wildman–Crippen MR) is 37.2 cm³/mol. The molecule has 0 aliphatic rings. The van der Waals surface area contributed by atoms with Gasteiger partial charge in [-0.1, -0.05) is 13.8 Å². The minimum atomic E-state index is -0.243. The molecule has 0 saturated heterocycles. The van der Waals surface area contributed by atoms with E-state index in [1.807, 2.05) is 13.8 Å². The van der Waals surface area contributed by atoms with Crippen molar-refractivity contribution in [2.24, 2.45) is 0 Å². The van der Waals surface area contributed by atoms with Gasteiger partial charge in [0.2, 0.25) is 5.88 Å².